The molecule has 24 heavy (non-hydrogen) atoms. The van der Waals surface area contributed by atoms with Crippen LogP contribution in [-0.2, 0) is 4.79 Å². The van der Waals surface area contributed by atoms with E-state index in [0.29, 0.717) is 6.54 Å². The normalized spacial score (nSPS) is 15.3. The Morgan fingerprint density at radius 3 is 2.54 bits per heavy atom. The number of carbonyl (C=O) groups is 1. The molecule has 3 rings (SSSR count). The molecular formula is C19H22BrN3O. The highest BCUT2D eigenvalue weighted by Gasteiger charge is 2.19. The molecule has 0 bridgehead atoms. The fourth-order valence-electron chi connectivity index (χ4n) is 2.96. The third-order valence-corrected chi connectivity index (χ3v) is 4.71. The Morgan fingerprint density at radius 1 is 1.08 bits per heavy atom. The summed E-state index contributed by atoms with van der Waals surface area (Å²) < 4.78 is 0.965. The molecule has 0 saturated carbocycles. The maximum Gasteiger partial charge on any atom is 0.238 e. The summed E-state index contributed by atoms with van der Waals surface area (Å²) in [5, 5.41) is 2.96. The van der Waals surface area contributed by atoms with Crippen LogP contribution in [0.3, 0.4) is 0 Å². The Balaban J connectivity index is 1.49. The lowest BCUT2D eigenvalue weighted by atomic mass is 10.2. The van der Waals surface area contributed by atoms with Crippen LogP contribution >= 0.6 is 15.9 Å². The largest absolute Gasteiger partial charge is 0.369 e. The SMILES string of the molecule is Cc1cccc(N2CCN(CC(=O)Nc3cccc(Br)c3)CC2)c1. The van der Waals surface area contributed by atoms with Crippen LogP contribution in [0.2, 0.25) is 0 Å². The molecule has 0 atom stereocenters. The number of nitrogens with zero attached hydrogens (tertiary/aromatic N) is 2. The zero-order valence-electron chi connectivity index (χ0n) is 13.8. The van der Waals surface area contributed by atoms with Crippen LogP contribution in [0.5, 0.6) is 0 Å². The Morgan fingerprint density at radius 2 is 1.83 bits per heavy atom. The summed E-state index contributed by atoms with van der Waals surface area (Å²) in [5.41, 5.74) is 3.38. The molecule has 0 aliphatic carbocycles. The van der Waals surface area contributed by atoms with Gasteiger partial charge in [0.15, 0.2) is 0 Å². The molecule has 5 heteroatoms. The Kier molecular flexibility index (Phi) is 5.53. The summed E-state index contributed by atoms with van der Waals surface area (Å²) in [6.45, 7) is 6.27. The molecule has 0 radical (unpaired) electrons. The van der Waals surface area contributed by atoms with Gasteiger partial charge in [-0.3, -0.25) is 9.69 Å². The van der Waals surface area contributed by atoms with Gasteiger partial charge in [-0.25, -0.2) is 0 Å². The highest BCUT2D eigenvalue weighted by atomic mass is 79.9. The third-order valence-electron chi connectivity index (χ3n) is 4.21. The van der Waals surface area contributed by atoms with Gasteiger partial charge in [0.05, 0.1) is 6.54 Å². The molecule has 1 heterocycles. The number of nitrogens with one attached hydrogen (secondary N) is 1. The first kappa shape index (κ1) is 17.0. The van der Waals surface area contributed by atoms with Crippen molar-refractivity contribution >= 4 is 33.2 Å². The smallest absolute Gasteiger partial charge is 0.238 e. The zero-order valence-corrected chi connectivity index (χ0v) is 15.4. The molecule has 1 fully saturated rings. The van der Waals surface area contributed by atoms with Gasteiger partial charge in [-0.15, -0.1) is 0 Å². The van der Waals surface area contributed by atoms with Crippen LogP contribution in [0.4, 0.5) is 11.4 Å². The molecule has 1 saturated heterocycles. The average molecular weight is 388 g/mol. The first-order valence-electron chi connectivity index (χ1n) is 8.19. The van der Waals surface area contributed by atoms with Gasteiger partial charge in [-0.1, -0.05) is 34.1 Å². The number of halogens is 1. The average Bonchev–Trinajstić information content (AvgIpc) is 2.55. The van der Waals surface area contributed by atoms with E-state index in [1.807, 2.05) is 24.3 Å². The van der Waals surface area contributed by atoms with Gasteiger partial charge in [0.25, 0.3) is 0 Å². The molecule has 2 aromatic carbocycles. The van der Waals surface area contributed by atoms with Gasteiger partial charge >= 0.3 is 0 Å². The fourth-order valence-corrected chi connectivity index (χ4v) is 3.36. The van der Waals surface area contributed by atoms with E-state index < -0.39 is 0 Å². The third kappa shape index (κ3) is 4.58. The highest BCUT2D eigenvalue weighted by molar-refractivity contribution is 9.10. The van der Waals surface area contributed by atoms with Crippen molar-refractivity contribution in [1.82, 2.24) is 4.90 Å². The topological polar surface area (TPSA) is 35.6 Å². The second-order valence-electron chi connectivity index (χ2n) is 6.16. The number of carbonyl (C=O) groups excluding carboxylic acids is 1. The van der Waals surface area contributed by atoms with Crippen LogP contribution < -0.4 is 10.2 Å². The van der Waals surface area contributed by atoms with Crippen LogP contribution in [0.1, 0.15) is 5.56 Å². The lowest BCUT2D eigenvalue weighted by Crippen LogP contribution is -2.48. The van der Waals surface area contributed by atoms with Crippen LogP contribution in [0, 0.1) is 6.92 Å². The zero-order chi connectivity index (χ0) is 16.9. The van der Waals surface area contributed by atoms with Crippen molar-refractivity contribution in [1.29, 1.82) is 0 Å². The maximum atomic E-state index is 12.2. The molecule has 1 N–H and O–H groups in total. The summed E-state index contributed by atoms with van der Waals surface area (Å²) in [4.78, 5) is 16.8. The second-order valence-corrected chi connectivity index (χ2v) is 7.08. The van der Waals surface area contributed by atoms with Gasteiger partial charge in [0.1, 0.15) is 0 Å². The van der Waals surface area contributed by atoms with Crippen molar-refractivity contribution < 1.29 is 4.79 Å². The quantitative estimate of drug-likeness (QED) is 0.871. The van der Waals surface area contributed by atoms with Gasteiger partial charge in [-0.2, -0.15) is 0 Å². The molecule has 2 aromatic rings. The Labute approximate surface area is 151 Å². The summed E-state index contributed by atoms with van der Waals surface area (Å²) in [7, 11) is 0. The molecular weight excluding hydrogens is 366 g/mol. The van der Waals surface area contributed by atoms with Crippen molar-refractivity contribution in [2.24, 2.45) is 0 Å². The predicted octanol–water partition coefficient (Wildman–Crippen LogP) is 3.52. The van der Waals surface area contributed by atoms with E-state index >= 15 is 0 Å². The molecule has 126 valence electrons. The Hall–Kier alpha value is -1.85. The van der Waals surface area contributed by atoms with Crippen molar-refractivity contribution in [3.63, 3.8) is 0 Å². The summed E-state index contributed by atoms with van der Waals surface area (Å²) in [5.74, 6) is 0.0390. The van der Waals surface area contributed by atoms with E-state index in [1.165, 1.54) is 11.3 Å². The molecule has 0 spiro atoms. The number of amides is 1. The van der Waals surface area contributed by atoms with E-state index in [0.717, 1.165) is 36.3 Å². The number of rotatable bonds is 4. The maximum absolute atomic E-state index is 12.2. The van der Waals surface area contributed by atoms with Crippen molar-refractivity contribution in [2.75, 3.05) is 42.9 Å². The second kappa shape index (κ2) is 7.81. The van der Waals surface area contributed by atoms with Gasteiger partial charge < -0.3 is 10.2 Å². The van der Waals surface area contributed by atoms with E-state index in [2.05, 4.69) is 62.2 Å². The van der Waals surface area contributed by atoms with Crippen molar-refractivity contribution in [3.8, 4) is 0 Å². The van der Waals surface area contributed by atoms with Gasteiger partial charge in [0.2, 0.25) is 5.91 Å². The first-order valence-corrected chi connectivity index (χ1v) is 8.99. The van der Waals surface area contributed by atoms with Crippen LogP contribution in [0.15, 0.2) is 53.0 Å². The summed E-state index contributed by atoms with van der Waals surface area (Å²) >= 11 is 3.42. The first-order chi connectivity index (χ1) is 11.6. The minimum atomic E-state index is 0.0390. The molecule has 1 aliphatic rings. The number of benzene rings is 2. The lowest BCUT2D eigenvalue weighted by Gasteiger charge is -2.35. The fraction of sp³-hybridized carbons (Fsp3) is 0.316. The van der Waals surface area contributed by atoms with E-state index in [1.54, 1.807) is 0 Å². The molecule has 1 amide bonds. The van der Waals surface area contributed by atoms with Gasteiger partial charge in [0, 0.05) is 42.0 Å². The van der Waals surface area contributed by atoms with Crippen molar-refractivity contribution in [3.05, 3.63) is 58.6 Å². The monoisotopic (exact) mass is 387 g/mol. The molecule has 4 nitrogen and oxygen atoms in total. The summed E-state index contributed by atoms with van der Waals surface area (Å²) in [6, 6.07) is 16.3. The standard InChI is InChI=1S/C19H22BrN3O/c1-15-4-2-7-18(12-15)23-10-8-22(9-11-23)14-19(24)21-17-6-3-5-16(20)13-17/h2-7,12-13H,8-11,14H2,1H3,(H,21,24). The van der Waals surface area contributed by atoms with Crippen molar-refractivity contribution in [2.45, 2.75) is 6.92 Å². The predicted molar refractivity (Wildman–Crippen MR) is 103 cm³/mol. The Bertz CT molecular complexity index is 711. The minimum Gasteiger partial charge on any atom is -0.369 e. The highest BCUT2D eigenvalue weighted by Crippen LogP contribution is 2.18. The number of hydrogen-bond acceptors (Lipinski definition) is 3. The lowest BCUT2D eigenvalue weighted by molar-refractivity contribution is -0.117. The molecule has 0 aromatic heterocycles. The van der Waals surface area contributed by atoms with E-state index in [9.17, 15) is 4.79 Å². The van der Waals surface area contributed by atoms with Crippen LogP contribution in [-0.4, -0.2) is 43.5 Å². The van der Waals surface area contributed by atoms with E-state index in [-0.39, 0.29) is 5.91 Å². The molecule has 0 unspecified atom stereocenters. The van der Waals surface area contributed by atoms with Gasteiger partial charge in [-0.05, 0) is 42.8 Å². The number of anilines is 2. The van der Waals surface area contributed by atoms with E-state index in [4.69, 9.17) is 0 Å². The minimum absolute atomic E-state index is 0.0390. The number of piperazine rings is 1. The van der Waals surface area contributed by atoms with Crippen LogP contribution in [0.25, 0.3) is 0 Å². The molecule has 1 aliphatic heterocycles. The summed E-state index contributed by atoms with van der Waals surface area (Å²) in [6.07, 6.45) is 0. The number of aryl methyl sites for hydroxylation is 1. The number of hydrogen-bond donors (Lipinski definition) is 1.